The predicted molar refractivity (Wildman–Crippen MR) is 52.3 cm³/mol. The molecule has 0 N–H and O–H groups in total. The smallest absolute Gasteiger partial charge is 0.199 e. The molecule has 2 rings (SSSR count). The number of hydrogen-bond acceptors (Lipinski definition) is 5. The first-order chi connectivity index (χ1) is 7.22. The fourth-order valence-electron chi connectivity index (χ4n) is 1.55. The van der Waals surface area contributed by atoms with Crippen molar-refractivity contribution in [3.63, 3.8) is 0 Å². The summed E-state index contributed by atoms with van der Waals surface area (Å²) in [6.45, 7) is 3.52. The Morgan fingerprint density at radius 1 is 1.53 bits per heavy atom. The Labute approximate surface area is 86.3 Å². The van der Waals surface area contributed by atoms with Crippen LogP contribution in [0.2, 0.25) is 0 Å². The number of nitrogens with zero attached hydrogens (tertiary/aromatic N) is 5. The Morgan fingerprint density at radius 3 is 3.00 bits per heavy atom. The summed E-state index contributed by atoms with van der Waals surface area (Å²) < 4.78 is 1.33. The number of hydrogen-bond donors (Lipinski definition) is 0. The quantitative estimate of drug-likeness (QED) is 0.733. The highest BCUT2D eigenvalue weighted by Crippen LogP contribution is 2.17. The van der Waals surface area contributed by atoms with E-state index in [1.165, 1.54) is 4.63 Å². The summed E-state index contributed by atoms with van der Waals surface area (Å²) in [5, 5.41) is 15.1. The molecule has 15 heavy (non-hydrogen) atoms. The molecule has 2 aromatic heterocycles. The van der Waals surface area contributed by atoms with Gasteiger partial charge >= 0.3 is 0 Å². The first-order valence-electron chi connectivity index (χ1n) is 4.78. The molecule has 0 spiro atoms. The summed E-state index contributed by atoms with van der Waals surface area (Å²) in [5.74, 6) is -0.0592. The van der Waals surface area contributed by atoms with Gasteiger partial charge in [0.25, 0.3) is 0 Å². The van der Waals surface area contributed by atoms with Crippen LogP contribution in [0.1, 0.15) is 31.9 Å². The van der Waals surface area contributed by atoms with Crippen LogP contribution in [-0.2, 0) is 4.79 Å². The van der Waals surface area contributed by atoms with Gasteiger partial charge in [0.1, 0.15) is 5.78 Å². The lowest BCUT2D eigenvalue weighted by Gasteiger charge is -2.09. The summed E-state index contributed by atoms with van der Waals surface area (Å²) in [5.41, 5.74) is 1.29. The molecule has 78 valence electrons. The average molecular weight is 205 g/mol. The summed E-state index contributed by atoms with van der Waals surface area (Å²) in [4.78, 5) is 11.3. The molecule has 0 bridgehead atoms. The first kappa shape index (κ1) is 9.70. The minimum Gasteiger partial charge on any atom is -0.299 e. The number of carbonyl (C=O) groups is 1. The van der Waals surface area contributed by atoms with E-state index in [2.05, 4.69) is 20.6 Å². The fraction of sp³-hybridized carbons (Fsp3) is 0.444. The standard InChI is InChI=1S/C9H11N5O/c1-3-7(6(2)15)8-4-5-9-10-12-13-14(9)11-8/h4-5,7H,3H2,1-2H3. The molecule has 1 atom stereocenters. The van der Waals surface area contributed by atoms with Gasteiger partial charge in [0.05, 0.1) is 11.6 Å². The largest absolute Gasteiger partial charge is 0.299 e. The van der Waals surface area contributed by atoms with E-state index in [4.69, 9.17) is 0 Å². The van der Waals surface area contributed by atoms with E-state index >= 15 is 0 Å². The van der Waals surface area contributed by atoms with E-state index in [9.17, 15) is 4.79 Å². The summed E-state index contributed by atoms with van der Waals surface area (Å²) in [6.07, 6.45) is 0.732. The highest BCUT2D eigenvalue weighted by Gasteiger charge is 2.16. The summed E-state index contributed by atoms with van der Waals surface area (Å²) >= 11 is 0. The number of ketones is 1. The van der Waals surface area contributed by atoms with Gasteiger partial charge < -0.3 is 0 Å². The van der Waals surface area contributed by atoms with Gasteiger partial charge in [0.15, 0.2) is 5.65 Å². The lowest BCUT2D eigenvalue weighted by molar-refractivity contribution is -0.118. The normalized spacial score (nSPS) is 12.9. The molecule has 0 amide bonds. The monoisotopic (exact) mass is 205 g/mol. The van der Waals surface area contributed by atoms with E-state index in [1.54, 1.807) is 19.1 Å². The molecule has 6 heteroatoms. The molecule has 2 heterocycles. The Balaban J connectivity index is 2.46. The van der Waals surface area contributed by atoms with Gasteiger partial charge in [-0.3, -0.25) is 4.79 Å². The first-order valence-corrected chi connectivity index (χ1v) is 4.78. The number of fused-ring (bicyclic) bond motifs is 1. The van der Waals surface area contributed by atoms with Crippen molar-refractivity contribution in [1.29, 1.82) is 0 Å². The molecular formula is C9H11N5O. The zero-order valence-corrected chi connectivity index (χ0v) is 8.58. The maximum atomic E-state index is 11.3. The third-order valence-electron chi connectivity index (χ3n) is 2.35. The van der Waals surface area contributed by atoms with E-state index in [0.717, 1.165) is 6.42 Å². The Kier molecular flexibility index (Phi) is 2.40. The van der Waals surface area contributed by atoms with Crippen LogP contribution in [0, 0.1) is 0 Å². The van der Waals surface area contributed by atoms with Gasteiger partial charge in [-0.2, -0.15) is 5.10 Å². The van der Waals surface area contributed by atoms with Crippen LogP contribution in [0.3, 0.4) is 0 Å². The van der Waals surface area contributed by atoms with Crippen molar-refractivity contribution in [2.45, 2.75) is 26.2 Å². The maximum Gasteiger partial charge on any atom is 0.199 e. The minimum atomic E-state index is -0.168. The van der Waals surface area contributed by atoms with Crippen LogP contribution in [0.15, 0.2) is 12.1 Å². The van der Waals surface area contributed by atoms with Crippen LogP contribution in [0.4, 0.5) is 0 Å². The molecule has 6 nitrogen and oxygen atoms in total. The maximum absolute atomic E-state index is 11.3. The van der Waals surface area contributed by atoms with Crippen molar-refractivity contribution in [1.82, 2.24) is 25.3 Å². The molecule has 2 aromatic rings. The van der Waals surface area contributed by atoms with E-state index in [-0.39, 0.29) is 11.7 Å². The topological polar surface area (TPSA) is 73.0 Å². The molecule has 0 saturated heterocycles. The van der Waals surface area contributed by atoms with Gasteiger partial charge in [-0.05, 0) is 35.9 Å². The highest BCUT2D eigenvalue weighted by molar-refractivity contribution is 5.82. The number of tetrazole rings is 1. The fourth-order valence-corrected chi connectivity index (χ4v) is 1.55. The molecule has 0 saturated carbocycles. The highest BCUT2D eigenvalue weighted by atomic mass is 16.1. The van der Waals surface area contributed by atoms with Crippen LogP contribution >= 0.6 is 0 Å². The third kappa shape index (κ3) is 1.70. The minimum absolute atomic E-state index is 0.109. The second-order valence-corrected chi connectivity index (χ2v) is 3.36. The van der Waals surface area contributed by atoms with Crippen molar-refractivity contribution in [3.05, 3.63) is 17.8 Å². The molecule has 0 aliphatic heterocycles. The second kappa shape index (κ2) is 3.72. The van der Waals surface area contributed by atoms with Crippen molar-refractivity contribution < 1.29 is 4.79 Å². The molecule has 0 fully saturated rings. The molecule has 0 aromatic carbocycles. The van der Waals surface area contributed by atoms with Crippen molar-refractivity contribution in [2.75, 3.05) is 0 Å². The number of aromatic nitrogens is 5. The second-order valence-electron chi connectivity index (χ2n) is 3.36. The van der Waals surface area contributed by atoms with E-state index in [0.29, 0.717) is 11.3 Å². The number of Topliss-reactive ketones (excluding diaryl/α,β-unsaturated/α-hetero) is 1. The van der Waals surface area contributed by atoms with Crippen molar-refractivity contribution in [3.8, 4) is 0 Å². The van der Waals surface area contributed by atoms with Gasteiger partial charge in [0.2, 0.25) is 0 Å². The van der Waals surface area contributed by atoms with Gasteiger partial charge in [0, 0.05) is 0 Å². The predicted octanol–water partition coefficient (Wildman–Crippen LogP) is 0.602. The molecule has 1 unspecified atom stereocenters. The van der Waals surface area contributed by atoms with Gasteiger partial charge in [-0.25, -0.2) is 0 Å². The van der Waals surface area contributed by atoms with Crippen molar-refractivity contribution in [2.24, 2.45) is 0 Å². The Hall–Kier alpha value is -1.85. The molecular weight excluding hydrogens is 194 g/mol. The Morgan fingerprint density at radius 2 is 2.33 bits per heavy atom. The lowest BCUT2D eigenvalue weighted by Crippen LogP contribution is -2.11. The zero-order chi connectivity index (χ0) is 10.8. The SMILES string of the molecule is CCC(C(C)=O)c1ccc2nnnn2n1. The van der Waals surface area contributed by atoms with E-state index < -0.39 is 0 Å². The molecule has 0 aliphatic carbocycles. The zero-order valence-electron chi connectivity index (χ0n) is 8.58. The van der Waals surface area contributed by atoms with Crippen molar-refractivity contribution >= 4 is 11.4 Å². The Bertz CT molecular complexity index is 492. The van der Waals surface area contributed by atoms with Crippen LogP contribution in [-0.4, -0.2) is 31.0 Å². The third-order valence-corrected chi connectivity index (χ3v) is 2.35. The van der Waals surface area contributed by atoms with Crippen LogP contribution in [0.5, 0.6) is 0 Å². The van der Waals surface area contributed by atoms with E-state index in [1.807, 2.05) is 6.92 Å². The number of carbonyl (C=O) groups excluding carboxylic acids is 1. The van der Waals surface area contributed by atoms with Crippen LogP contribution < -0.4 is 0 Å². The number of rotatable bonds is 3. The lowest BCUT2D eigenvalue weighted by atomic mass is 9.98. The summed E-state index contributed by atoms with van der Waals surface area (Å²) in [7, 11) is 0. The average Bonchev–Trinajstić information content (AvgIpc) is 2.65. The summed E-state index contributed by atoms with van der Waals surface area (Å²) in [6, 6.07) is 3.55. The van der Waals surface area contributed by atoms with Gasteiger partial charge in [-0.1, -0.05) is 6.92 Å². The van der Waals surface area contributed by atoms with Gasteiger partial charge in [-0.15, -0.1) is 9.73 Å². The molecule has 0 radical (unpaired) electrons. The van der Waals surface area contributed by atoms with Crippen LogP contribution in [0.25, 0.3) is 5.65 Å². The molecule has 0 aliphatic rings.